The number of hydrogen-bond donors (Lipinski definition) is 4. The zero-order valence-electron chi connectivity index (χ0n) is 11.5. The van der Waals surface area contributed by atoms with Gasteiger partial charge in [-0.1, -0.05) is 11.6 Å². The molecule has 0 bridgehead atoms. The summed E-state index contributed by atoms with van der Waals surface area (Å²) in [5, 5.41) is 8.87. The minimum atomic E-state index is -3.80. The predicted octanol–water partition coefficient (Wildman–Crippen LogP) is 0.926. The highest BCUT2D eigenvalue weighted by Gasteiger charge is 2.22. The Labute approximate surface area is 122 Å². The van der Waals surface area contributed by atoms with Gasteiger partial charge in [0.2, 0.25) is 0 Å². The normalized spacial score (nSPS) is 12.4. The Balaban J connectivity index is 2.87. The van der Waals surface area contributed by atoms with Gasteiger partial charge in [0.15, 0.2) is 0 Å². The average Bonchev–Trinajstić information content (AvgIpc) is 2.47. The van der Waals surface area contributed by atoms with E-state index < -0.39 is 21.7 Å². The molecule has 0 aliphatic rings. The first-order chi connectivity index (χ1) is 8.93. The summed E-state index contributed by atoms with van der Waals surface area (Å²) < 4.78 is 27.0. The van der Waals surface area contributed by atoms with Gasteiger partial charge >= 0.3 is 5.97 Å². The van der Waals surface area contributed by atoms with Crippen LogP contribution in [-0.2, 0) is 17.3 Å². The molecule has 0 saturated heterocycles. The van der Waals surface area contributed by atoms with Crippen LogP contribution < -0.4 is 15.0 Å². The first kappa shape index (κ1) is 16.8. The maximum absolute atomic E-state index is 11.7. The van der Waals surface area contributed by atoms with Crippen molar-refractivity contribution >= 4 is 33.5 Å². The number of carboxylic acids is 1. The predicted molar refractivity (Wildman–Crippen MR) is 75.9 cm³/mol. The van der Waals surface area contributed by atoms with Crippen molar-refractivity contribution in [3.63, 3.8) is 0 Å². The fourth-order valence-electron chi connectivity index (χ4n) is 1.48. The molecule has 10 heteroatoms. The Bertz CT molecular complexity index is 618. The molecule has 0 spiro atoms. The lowest BCUT2D eigenvalue weighted by atomic mass is 10.1. The van der Waals surface area contributed by atoms with Crippen molar-refractivity contribution in [2.75, 3.05) is 5.43 Å². The minimum Gasteiger partial charge on any atom is -0.477 e. The number of nitrogens with one attached hydrogen (secondary N) is 3. The summed E-state index contributed by atoms with van der Waals surface area (Å²) in [5.41, 5.74) is 1.73. The molecule has 20 heavy (non-hydrogen) atoms. The molecule has 1 rings (SSSR count). The van der Waals surface area contributed by atoms with Crippen LogP contribution in [-0.4, -0.2) is 29.6 Å². The Kier molecular flexibility index (Phi) is 4.70. The molecule has 0 saturated carbocycles. The summed E-state index contributed by atoms with van der Waals surface area (Å²) >= 11 is 5.87. The summed E-state index contributed by atoms with van der Waals surface area (Å²) in [6.07, 6.45) is 1.37. The fraction of sp³-hybridized carbons (Fsp3) is 0.500. The third-order valence-corrected chi connectivity index (χ3v) is 3.72. The smallest absolute Gasteiger partial charge is 0.354 e. The number of hydrogen-bond acceptors (Lipinski definition) is 4. The van der Waals surface area contributed by atoms with E-state index >= 15 is 0 Å². The first-order valence-electron chi connectivity index (χ1n) is 5.58. The molecule has 0 aromatic carbocycles. The molecule has 0 aliphatic carbocycles. The summed E-state index contributed by atoms with van der Waals surface area (Å²) in [6, 6.07) is 0. The summed E-state index contributed by atoms with van der Waals surface area (Å²) in [5.74, 6) is -1.21. The molecule has 0 fully saturated rings. The molecule has 1 aromatic rings. The number of nitrogens with zero attached hydrogens (tertiary/aromatic N) is 1. The Morgan fingerprint density at radius 2 is 1.95 bits per heavy atom. The highest BCUT2D eigenvalue weighted by molar-refractivity contribution is 7.87. The lowest BCUT2D eigenvalue weighted by Gasteiger charge is -2.20. The van der Waals surface area contributed by atoms with Crippen LogP contribution in [0, 0.1) is 0 Å². The van der Waals surface area contributed by atoms with Gasteiger partial charge in [0.05, 0.1) is 10.7 Å². The van der Waals surface area contributed by atoms with Crippen molar-refractivity contribution in [2.24, 2.45) is 7.05 Å². The zero-order chi connectivity index (χ0) is 15.7. The molecular weight excluding hydrogens is 308 g/mol. The van der Waals surface area contributed by atoms with Crippen molar-refractivity contribution < 1.29 is 18.3 Å². The van der Waals surface area contributed by atoms with Crippen molar-refractivity contribution in [1.82, 2.24) is 14.1 Å². The lowest BCUT2D eigenvalue weighted by molar-refractivity contribution is 0.0687. The van der Waals surface area contributed by atoms with Gasteiger partial charge in [-0.15, -0.1) is 4.83 Å². The van der Waals surface area contributed by atoms with Gasteiger partial charge in [-0.3, -0.25) is 0 Å². The standard InChI is InChI=1S/C10H17ClN4O4S/c1-10(2,3)13-20(18,19)14-12-6-5-15(4)8(7(6)11)9(16)17/h5,12-14H,1-4H3,(H,16,17). The number of carbonyl (C=O) groups is 1. The highest BCUT2D eigenvalue weighted by atomic mass is 35.5. The Morgan fingerprint density at radius 1 is 1.40 bits per heavy atom. The van der Waals surface area contributed by atoms with Gasteiger partial charge in [-0.2, -0.15) is 13.1 Å². The van der Waals surface area contributed by atoms with E-state index in [2.05, 4.69) is 15.0 Å². The van der Waals surface area contributed by atoms with Gasteiger partial charge < -0.3 is 15.1 Å². The second-order valence-electron chi connectivity index (χ2n) is 5.20. The third kappa shape index (κ3) is 4.37. The maximum Gasteiger partial charge on any atom is 0.354 e. The van der Waals surface area contributed by atoms with E-state index in [0.717, 1.165) is 0 Å². The van der Waals surface area contributed by atoms with E-state index in [1.165, 1.54) is 17.8 Å². The third-order valence-electron chi connectivity index (χ3n) is 2.08. The van der Waals surface area contributed by atoms with Crippen LogP contribution in [0.15, 0.2) is 6.20 Å². The number of rotatable bonds is 5. The van der Waals surface area contributed by atoms with Crippen LogP contribution >= 0.6 is 11.6 Å². The first-order valence-corrected chi connectivity index (χ1v) is 7.44. The number of aromatic nitrogens is 1. The molecule has 0 amide bonds. The number of aromatic carboxylic acids is 1. The average molecular weight is 325 g/mol. The zero-order valence-corrected chi connectivity index (χ0v) is 13.1. The van der Waals surface area contributed by atoms with Crippen LogP contribution in [0.5, 0.6) is 0 Å². The molecule has 4 N–H and O–H groups in total. The number of halogens is 1. The largest absolute Gasteiger partial charge is 0.477 e. The molecule has 8 nitrogen and oxygen atoms in total. The van der Waals surface area contributed by atoms with E-state index in [1.807, 2.05) is 0 Å². The van der Waals surface area contributed by atoms with Gasteiger partial charge in [0, 0.05) is 18.8 Å². The number of hydrazine groups is 1. The van der Waals surface area contributed by atoms with E-state index in [1.54, 1.807) is 20.8 Å². The minimum absolute atomic E-state index is 0.0848. The van der Waals surface area contributed by atoms with Crippen molar-refractivity contribution in [3.8, 4) is 0 Å². The van der Waals surface area contributed by atoms with Crippen molar-refractivity contribution in [1.29, 1.82) is 0 Å². The molecule has 114 valence electrons. The van der Waals surface area contributed by atoms with Gasteiger partial charge in [-0.05, 0) is 20.8 Å². The summed E-state index contributed by atoms with van der Waals surface area (Å²) in [7, 11) is -2.32. The SMILES string of the molecule is Cn1cc(NNS(=O)(=O)NC(C)(C)C)c(Cl)c1C(=O)O. The second-order valence-corrected chi connectivity index (χ2v) is 7.00. The van der Waals surface area contributed by atoms with Crippen molar-refractivity contribution in [3.05, 3.63) is 16.9 Å². The van der Waals surface area contributed by atoms with E-state index in [4.69, 9.17) is 16.7 Å². The highest BCUT2D eigenvalue weighted by Crippen LogP contribution is 2.27. The van der Waals surface area contributed by atoms with Gasteiger partial charge in [0.1, 0.15) is 5.69 Å². The van der Waals surface area contributed by atoms with Crippen LogP contribution in [0.3, 0.4) is 0 Å². The Morgan fingerprint density at radius 3 is 2.35 bits per heavy atom. The van der Waals surface area contributed by atoms with E-state index in [0.29, 0.717) is 0 Å². The summed E-state index contributed by atoms with van der Waals surface area (Å²) in [4.78, 5) is 13.0. The lowest BCUT2D eigenvalue weighted by Crippen LogP contribution is -2.48. The second kappa shape index (κ2) is 5.60. The maximum atomic E-state index is 11.7. The molecular formula is C10H17ClN4O4S. The van der Waals surface area contributed by atoms with Crippen LogP contribution in [0.4, 0.5) is 5.69 Å². The number of aryl methyl sites for hydroxylation is 1. The van der Waals surface area contributed by atoms with Crippen LogP contribution in [0.1, 0.15) is 31.3 Å². The molecule has 0 aliphatic heterocycles. The van der Waals surface area contributed by atoms with Gasteiger partial charge in [0.25, 0.3) is 10.2 Å². The van der Waals surface area contributed by atoms with E-state index in [9.17, 15) is 13.2 Å². The van der Waals surface area contributed by atoms with Crippen LogP contribution in [0.2, 0.25) is 5.02 Å². The Hall–Kier alpha value is -1.29. The number of anilines is 1. The quantitative estimate of drug-likeness (QED) is 0.602. The molecule has 1 heterocycles. The fourth-order valence-corrected chi connectivity index (χ4v) is 2.89. The van der Waals surface area contributed by atoms with Crippen LogP contribution in [0.25, 0.3) is 0 Å². The topological polar surface area (TPSA) is 112 Å². The van der Waals surface area contributed by atoms with E-state index in [-0.39, 0.29) is 16.4 Å². The van der Waals surface area contributed by atoms with Gasteiger partial charge in [-0.25, -0.2) is 4.79 Å². The molecule has 0 radical (unpaired) electrons. The molecule has 0 atom stereocenters. The molecule has 1 aromatic heterocycles. The van der Waals surface area contributed by atoms with Crippen molar-refractivity contribution in [2.45, 2.75) is 26.3 Å². The monoisotopic (exact) mass is 324 g/mol. The molecule has 0 unspecified atom stereocenters. The summed E-state index contributed by atoms with van der Waals surface area (Å²) in [6.45, 7) is 5.05. The number of carboxylic acid groups (broad SMARTS) is 1.